The van der Waals surface area contributed by atoms with Crippen LogP contribution in [0.5, 0.6) is 0 Å². The third kappa shape index (κ3) is 3.36. The highest BCUT2D eigenvalue weighted by Crippen LogP contribution is 2.27. The van der Waals surface area contributed by atoms with Gasteiger partial charge in [0.05, 0.1) is 12.0 Å². The van der Waals surface area contributed by atoms with Crippen molar-refractivity contribution in [3.05, 3.63) is 60.4 Å². The molecule has 28 heavy (non-hydrogen) atoms. The third-order valence-corrected chi connectivity index (χ3v) is 6.78. The van der Waals surface area contributed by atoms with Gasteiger partial charge in [-0.3, -0.25) is 0 Å². The summed E-state index contributed by atoms with van der Waals surface area (Å²) in [5.41, 5.74) is 1.57. The van der Waals surface area contributed by atoms with Crippen molar-refractivity contribution in [2.24, 2.45) is 0 Å². The van der Waals surface area contributed by atoms with E-state index in [2.05, 4.69) is 9.64 Å². The van der Waals surface area contributed by atoms with Crippen LogP contribution >= 0.6 is 0 Å². The average Bonchev–Trinajstić information content (AvgIpc) is 3.17. The van der Waals surface area contributed by atoms with Crippen LogP contribution in [0.4, 0.5) is 5.69 Å². The number of fused-ring (bicyclic) bond motifs is 1. The molecule has 0 atom stereocenters. The maximum absolute atomic E-state index is 12.8. The van der Waals surface area contributed by atoms with Gasteiger partial charge in [0.1, 0.15) is 5.58 Å². The molecular formula is C20H20N2O5S. The SMILES string of the molecule is COC(=O)c1cc2cc(N3CCN(S(=O)(=O)c4ccccc4)CC3)ccc2o1. The van der Waals surface area contributed by atoms with Crippen LogP contribution in [0.2, 0.25) is 0 Å². The Kier molecular flexibility index (Phi) is 4.82. The van der Waals surface area contributed by atoms with Crippen molar-refractivity contribution in [2.45, 2.75) is 4.90 Å². The van der Waals surface area contributed by atoms with Crippen molar-refractivity contribution < 1.29 is 22.4 Å². The lowest BCUT2D eigenvalue weighted by Crippen LogP contribution is -2.48. The van der Waals surface area contributed by atoms with Crippen molar-refractivity contribution in [3.63, 3.8) is 0 Å². The van der Waals surface area contributed by atoms with Gasteiger partial charge in [0, 0.05) is 37.3 Å². The van der Waals surface area contributed by atoms with E-state index in [4.69, 9.17) is 4.42 Å². The van der Waals surface area contributed by atoms with Crippen molar-refractivity contribution in [1.29, 1.82) is 0 Å². The van der Waals surface area contributed by atoms with Crippen LogP contribution in [-0.2, 0) is 14.8 Å². The molecule has 1 saturated heterocycles. The molecule has 0 N–H and O–H groups in total. The number of methoxy groups -OCH3 is 1. The zero-order valence-electron chi connectivity index (χ0n) is 15.4. The Morgan fingerprint density at radius 3 is 2.39 bits per heavy atom. The molecule has 2 heterocycles. The maximum atomic E-state index is 12.8. The number of sulfonamides is 1. The summed E-state index contributed by atoms with van der Waals surface area (Å²) in [5, 5.41) is 0.803. The Bertz CT molecular complexity index is 1100. The zero-order valence-corrected chi connectivity index (χ0v) is 16.2. The lowest BCUT2D eigenvalue weighted by molar-refractivity contribution is 0.0567. The van der Waals surface area contributed by atoms with Gasteiger partial charge in [-0.2, -0.15) is 4.31 Å². The molecule has 0 saturated carbocycles. The molecule has 0 radical (unpaired) electrons. The summed E-state index contributed by atoms with van der Waals surface area (Å²) in [7, 11) is -2.16. The van der Waals surface area contributed by atoms with Gasteiger partial charge in [-0.05, 0) is 36.4 Å². The Labute approximate surface area is 163 Å². The van der Waals surface area contributed by atoms with E-state index in [0.717, 1.165) is 11.1 Å². The van der Waals surface area contributed by atoms with Crippen LogP contribution in [0.3, 0.4) is 0 Å². The second-order valence-corrected chi connectivity index (χ2v) is 8.47. The monoisotopic (exact) mass is 400 g/mol. The number of nitrogens with zero attached hydrogens (tertiary/aromatic N) is 2. The first-order valence-electron chi connectivity index (χ1n) is 8.91. The molecule has 0 unspecified atom stereocenters. The molecule has 3 aromatic rings. The van der Waals surface area contributed by atoms with E-state index < -0.39 is 16.0 Å². The van der Waals surface area contributed by atoms with Gasteiger partial charge in [0.15, 0.2) is 0 Å². The lowest BCUT2D eigenvalue weighted by atomic mass is 10.2. The molecule has 7 nitrogen and oxygen atoms in total. The quantitative estimate of drug-likeness (QED) is 0.627. The van der Waals surface area contributed by atoms with Gasteiger partial charge >= 0.3 is 5.97 Å². The predicted molar refractivity (Wildman–Crippen MR) is 105 cm³/mol. The number of hydrogen-bond donors (Lipinski definition) is 0. The first-order chi connectivity index (χ1) is 13.5. The summed E-state index contributed by atoms with van der Waals surface area (Å²) in [6.45, 7) is 1.99. The predicted octanol–water partition coefficient (Wildman–Crippen LogP) is 2.73. The minimum Gasteiger partial charge on any atom is -0.463 e. The molecule has 0 amide bonds. The highest BCUT2D eigenvalue weighted by Gasteiger charge is 2.28. The molecule has 1 aliphatic rings. The van der Waals surface area contributed by atoms with E-state index in [9.17, 15) is 13.2 Å². The second kappa shape index (κ2) is 7.29. The molecule has 2 aromatic carbocycles. The number of hydrogen-bond acceptors (Lipinski definition) is 6. The summed E-state index contributed by atoms with van der Waals surface area (Å²) in [6, 6.07) is 15.8. The topological polar surface area (TPSA) is 80.1 Å². The van der Waals surface area contributed by atoms with E-state index in [-0.39, 0.29) is 5.76 Å². The standard InChI is InChI=1S/C20H20N2O5S/c1-26-20(23)19-14-15-13-16(7-8-18(15)27-19)21-9-11-22(12-10-21)28(24,25)17-5-3-2-4-6-17/h2-8,13-14H,9-12H2,1H3. The molecule has 0 spiro atoms. The zero-order chi connectivity index (χ0) is 19.7. The largest absolute Gasteiger partial charge is 0.463 e. The average molecular weight is 400 g/mol. The third-order valence-electron chi connectivity index (χ3n) is 4.87. The normalized spacial score (nSPS) is 15.7. The van der Waals surface area contributed by atoms with Gasteiger partial charge in [0.25, 0.3) is 0 Å². The molecule has 146 valence electrons. The minimum atomic E-state index is -3.47. The summed E-state index contributed by atoms with van der Waals surface area (Å²) in [6.07, 6.45) is 0. The number of furan rings is 1. The van der Waals surface area contributed by atoms with Crippen molar-refractivity contribution in [2.75, 3.05) is 38.2 Å². The molecular weight excluding hydrogens is 380 g/mol. The summed E-state index contributed by atoms with van der Waals surface area (Å²) in [4.78, 5) is 14.1. The van der Waals surface area contributed by atoms with Crippen LogP contribution in [0, 0.1) is 0 Å². The van der Waals surface area contributed by atoms with Crippen molar-refractivity contribution in [3.8, 4) is 0 Å². The Morgan fingerprint density at radius 2 is 1.71 bits per heavy atom. The molecule has 1 aromatic heterocycles. The Hall–Kier alpha value is -2.84. The highest BCUT2D eigenvalue weighted by atomic mass is 32.2. The Morgan fingerprint density at radius 1 is 1.00 bits per heavy atom. The van der Waals surface area contributed by atoms with Crippen molar-refractivity contribution in [1.82, 2.24) is 4.31 Å². The molecule has 1 aliphatic heterocycles. The van der Waals surface area contributed by atoms with Crippen LogP contribution < -0.4 is 4.90 Å². The van der Waals surface area contributed by atoms with Crippen LogP contribution in [0.15, 0.2) is 63.9 Å². The summed E-state index contributed by atoms with van der Waals surface area (Å²) < 4.78 is 37.2. The van der Waals surface area contributed by atoms with Crippen LogP contribution in [-0.4, -0.2) is 52.0 Å². The number of anilines is 1. The van der Waals surface area contributed by atoms with Gasteiger partial charge in [-0.15, -0.1) is 0 Å². The number of carbonyl (C=O) groups excluding carboxylic acids is 1. The number of esters is 1. The first-order valence-corrected chi connectivity index (χ1v) is 10.3. The number of benzene rings is 2. The fourth-order valence-corrected chi connectivity index (χ4v) is 4.80. The molecule has 8 heteroatoms. The second-order valence-electron chi connectivity index (χ2n) is 6.53. The molecule has 1 fully saturated rings. The fraction of sp³-hybridized carbons (Fsp3) is 0.250. The van der Waals surface area contributed by atoms with Gasteiger partial charge in [0.2, 0.25) is 15.8 Å². The van der Waals surface area contributed by atoms with E-state index in [0.29, 0.717) is 36.7 Å². The van der Waals surface area contributed by atoms with E-state index in [1.54, 1.807) is 36.4 Å². The summed E-state index contributed by atoms with van der Waals surface area (Å²) >= 11 is 0. The first kappa shape index (κ1) is 18.5. The smallest absolute Gasteiger partial charge is 0.373 e. The van der Waals surface area contributed by atoms with Gasteiger partial charge in [-0.1, -0.05) is 18.2 Å². The molecule has 0 bridgehead atoms. The lowest BCUT2D eigenvalue weighted by Gasteiger charge is -2.35. The van der Waals surface area contributed by atoms with Crippen LogP contribution in [0.25, 0.3) is 11.0 Å². The van der Waals surface area contributed by atoms with E-state index >= 15 is 0 Å². The summed E-state index contributed by atoms with van der Waals surface area (Å²) in [5.74, 6) is -0.356. The van der Waals surface area contributed by atoms with Crippen molar-refractivity contribution >= 4 is 32.6 Å². The Balaban J connectivity index is 1.50. The minimum absolute atomic E-state index is 0.161. The maximum Gasteiger partial charge on any atom is 0.373 e. The van der Waals surface area contributed by atoms with Gasteiger partial charge in [-0.25, -0.2) is 13.2 Å². The number of rotatable bonds is 4. The van der Waals surface area contributed by atoms with Crippen LogP contribution in [0.1, 0.15) is 10.6 Å². The highest BCUT2D eigenvalue weighted by molar-refractivity contribution is 7.89. The number of carbonyl (C=O) groups is 1. The van der Waals surface area contributed by atoms with Gasteiger partial charge < -0.3 is 14.1 Å². The number of ether oxygens (including phenoxy) is 1. The fourth-order valence-electron chi connectivity index (χ4n) is 3.36. The number of piperazine rings is 1. The van der Waals surface area contributed by atoms with E-state index in [1.165, 1.54) is 11.4 Å². The van der Waals surface area contributed by atoms with E-state index in [1.807, 2.05) is 18.2 Å². The molecule has 4 rings (SSSR count). The molecule has 0 aliphatic carbocycles.